The largest absolute Gasteiger partial charge is 0.488 e. The minimum atomic E-state index is -0.429. The van der Waals surface area contributed by atoms with Gasteiger partial charge in [0.2, 0.25) is 0 Å². The lowest BCUT2D eigenvalue weighted by Crippen LogP contribution is -2.10. The first-order valence-corrected chi connectivity index (χ1v) is 10.4. The van der Waals surface area contributed by atoms with Crippen molar-refractivity contribution in [3.8, 4) is 5.75 Å². The van der Waals surface area contributed by atoms with E-state index in [1.54, 1.807) is 14.0 Å². The van der Waals surface area contributed by atoms with E-state index in [0.717, 1.165) is 17.3 Å². The molecule has 0 saturated heterocycles. The third kappa shape index (κ3) is 6.75. The number of carbonyl (C=O) groups excluding carboxylic acids is 1. The smallest absolute Gasteiger partial charge is 0.342 e. The summed E-state index contributed by atoms with van der Waals surface area (Å²) in [5.41, 5.74) is 3.63. The van der Waals surface area contributed by atoms with Gasteiger partial charge in [0.1, 0.15) is 35.9 Å². The molecule has 1 aromatic carbocycles. The summed E-state index contributed by atoms with van der Waals surface area (Å²) in [6, 6.07) is 3.63. The maximum absolute atomic E-state index is 12.5. The number of furan rings is 1. The number of esters is 1. The Morgan fingerprint density at radius 2 is 1.93 bits per heavy atom. The highest BCUT2D eigenvalue weighted by Crippen LogP contribution is 2.35. The van der Waals surface area contributed by atoms with Crippen LogP contribution in [-0.2, 0) is 9.47 Å². The zero-order chi connectivity index (χ0) is 21.4. The zero-order valence-corrected chi connectivity index (χ0v) is 19.4. The van der Waals surface area contributed by atoms with E-state index in [0.29, 0.717) is 41.3 Å². The van der Waals surface area contributed by atoms with Crippen LogP contribution in [0, 0.1) is 6.92 Å². The molecule has 0 N–H and O–H groups in total. The van der Waals surface area contributed by atoms with E-state index in [1.165, 1.54) is 11.1 Å². The summed E-state index contributed by atoms with van der Waals surface area (Å²) in [6.45, 7) is 9.06. The third-order valence-corrected chi connectivity index (χ3v) is 5.02. The maximum atomic E-state index is 12.5. The van der Waals surface area contributed by atoms with E-state index in [2.05, 4.69) is 48.9 Å². The van der Waals surface area contributed by atoms with Crippen molar-refractivity contribution >= 4 is 32.9 Å². The molecule has 0 radical (unpaired) electrons. The fourth-order valence-electron chi connectivity index (χ4n) is 2.84. The molecule has 0 aliphatic carbocycles. The maximum Gasteiger partial charge on any atom is 0.342 e. The molecule has 0 spiro atoms. The van der Waals surface area contributed by atoms with Crippen molar-refractivity contribution in [2.75, 3.05) is 26.9 Å². The highest BCUT2D eigenvalue weighted by molar-refractivity contribution is 9.10. The zero-order valence-electron chi connectivity index (χ0n) is 17.8. The van der Waals surface area contributed by atoms with E-state index in [1.807, 2.05) is 12.1 Å². The summed E-state index contributed by atoms with van der Waals surface area (Å²) in [5, 5.41) is 0.673. The van der Waals surface area contributed by atoms with Gasteiger partial charge in [-0.3, -0.25) is 0 Å². The van der Waals surface area contributed by atoms with Crippen LogP contribution in [0.25, 0.3) is 11.0 Å². The Bertz CT molecular complexity index is 904. The van der Waals surface area contributed by atoms with Gasteiger partial charge in [0, 0.05) is 12.5 Å². The first-order valence-electron chi connectivity index (χ1n) is 9.64. The topological polar surface area (TPSA) is 57.9 Å². The number of rotatable bonds is 10. The molecule has 2 rings (SSSR count). The number of methoxy groups -OCH3 is 1. The second kappa shape index (κ2) is 11.2. The summed E-state index contributed by atoms with van der Waals surface area (Å²) in [4.78, 5) is 12.5. The molecule has 1 aromatic heterocycles. The highest BCUT2D eigenvalue weighted by atomic mass is 79.9. The molecule has 0 bridgehead atoms. The van der Waals surface area contributed by atoms with Crippen LogP contribution in [0.3, 0.4) is 0 Å². The lowest BCUT2D eigenvalue weighted by atomic mass is 10.1. The van der Waals surface area contributed by atoms with E-state index in [4.69, 9.17) is 18.6 Å². The number of aryl methyl sites for hydroxylation is 1. The molecule has 0 saturated carbocycles. The molecule has 0 atom stereocenters. The van der Waals surface area contributed by atoms with Crippen LogP contribution in [0.2, 0.25) is 0 Å². The summed E-state index contributed by atoms with van der Waals surface area (Å²) in [7, 11) is 1.56. The number of fused-ring (bicyclic) bond motifs is 1. The Kier molecular flexibility index (Phi) is 8.99. The minimum Gasteiger partial charge on any atom is -0.488 e. The molecule has 0 amide bonds. The lowest BCUT2D eigenvalue weighted by Gasteiger charge is -2.08. The highest BCUT2D eigenvalue weighted by Gasteiger charge is 2.21. The Balaban J connectivity index is 2.14. The molecule has 2 aromatic rings. The van der Waals surface area contributed by atoms with Gasteiger partial charge in [0.25, 0.3) is 0 Å². The van der Waals surface area contributed by atoms with Gasteiger partial charge in [-0.05, 0) is 74.7 Å². The lowest BCUT2D eigenvalue weighted by molar-refractivity contribution is 0.0388. The summed E-state index contributed by atoms with van der Waals surface area (Å²) in [5.74, 6) is 0.737. The molecule has 0 unspecified atom stereocenters. The predicted octanol–water partition coefficient (Wildman–Crippen LogP) is 6.38. The number of benzene rings is 1. The molecule has 0 aliphatic heterocycles. The average Bonchev–Trinajstić information content (AvgIpc) is 2.96. The summed E-state index contributed by atoms with van der Waals surface area (Å²) >= 11 is 3.52. The fraction of sp³-hybridized carbons (Fsp3) is 0.435. The predicted molar refractivity (Wildman–Crippen MR) is 119 cm³/mol. The van der Waals surface area contributed by atoms with E-state index < -0.39 is 5.97 Å². The van der Waals surface area contributed by atoms with Crippen molar-refractivity contribution in [1.29, 1.82) is 0 Å². The van der Waals surface area contributed by atoms with Gasteiger partial charge < -0.3 is 18.6 Å². The minimum absolute atomic E-state index is 0.193. The third-order valence-electron chi connectivity index (χ3n) is 4.41. The molecule has 158 valence electrons. The Morgan fingerprint density at radius 3 is 2.62 bits per heavy atom. The van der Waals surface area contributed by atoms with Gasteiger partial charge in [0.15, 0.2) is 0 Å². The fourth-order valence-corrected chi connectivity index (χ4v) is 3.28. The van der Waals surface area contributed by atoms with Crippen LogP contribution < -0.4 is 4.74 Å². The van der Waals surface area contributed by atoms with Crippen molar-refractivity contribution in [2.45, 2.75) is 40.5 Å². The Morgan fingerprint density at radius 1 is 1.17 bits per heavy atom. The standard InChI is InChI=1S/C23H29BrO5/c1-15(2)7-6-8-16(3)9-10-27-21-13-18-20(14-19(21)24)29-17(4)22(18)23(25)28-12-11-26-5/h7,9,13-14H,6,8,10-12H2,1-5H3/b16-9-. The van der Waals surface area contributed by atoms with Gasteiger partial charge in [-0.2, -0.15) is 0 Å². The molecule has 0 fully saturated rings. The van der Waals surface area contributed by atoms with Crippen LogP contribution in [0.5, 0.6) is 5.75 Å². The van der Waals surface area contributed by atoms with Crippen molar-refractivity contribution in [1.82, 2.24) is 0 Å². The molecule has 29 heavy (non-hydrogen) atoms. The van der Waals surface area contributed by atoms with Gasteiger partial charge in [-0.15, -0.1) is 0 Å². The Labute approximate surface area is 180 Å². The number of carbonyl (C=O) groups is 1. The molecule has 6 heteroatoms. The second-order valence-corrected chi connectivity index (χ2v) is 7.98. The number of allylic oxidation sites excluding steroid dienone is 3. The molecule has 1 heterocycles. The molecular weight excluding hydrogens is 436 g/mol. The summed E-state index contributed by atoms with van der Waals surface area (Å²) in [6.07, 6.45) is 6.35. The van der Waals surface area contributed by atoms with Crippen LogP contribution in [0.15, 0.2) is 44.3 Å². The van der Waals surface area contributed by atoms with Crippen LogP contribution in [0.1, 0.15) is 49.7 Å². The first kappa shape index (κ1) is 23.2. The number of hydrogen-bond acceptors (Lipinski definition) is 5. The molecular formula is C23H29BrO5. The van der Waals surface area contributed by atoms with E-state index in [9.17, 15) is 4.79 Å². The second-order valence-electron chi connectivity index (χ2n) is 7.12. The van der Waals surface area contributed by atoms with Gasteiger partial charge in [0.05, 0.1) is 11.1 Å². The quantitative estimate of drug-likeness (QED) is 0.232. The van der Waals surface area contributed by atoms with Crippen molar-refractivity contribution < 1.29 is 23.4 Å². The summed E-state index contributed by atoms with van der Waals surface area (Å²) < 4.78 is 22.6. The van der Waals surface area contributed by atoms with Crippen LogP contribution in [0.4, 0.5) is 0 Å². The van der Waals surface area contributed by atoms with Gasteiger partial charge >= 0.3 is 5.97 Å². The van der Waals surface area contributed by atoms with Crippen LogP contribution >= 0.6 is 15.9 Å². The van der Waals surface area contributed by atoms with E-state index in [-0.39, 0.29) is 6.61 Å². The molecule has 5 nitrogen and oxygen atoms in total. The SMILES string of the molecule is COCCOC(=O)c1c(C)oc2cc(Br)c(OC/C=C(/C)CCC=C(C)C)cc12. The van der Waals surface area contributed by atoms with Gasteiger partial charge in [-0.1, -0.05) is 17.2 Å². The van der Waals surface area contributed by atoms with E-state index >= 15 is 0 Å². The number of halogens is 1. The number of hydrogen-bond donors (Lipinski definition) is 0. The Hall–Kier alpha value is -2.05. The first-order chi connectivity index (χ1) is 13.8. The average molecular weight is 465 g/mol. The van der Waals surface area contributed by atoms with Crippen molar-refractivity contribution in [3.05, 3.63) is 51.2 Å². The number of ether oxygens (including phenoxy) is 3. The van der Waals surface area contributed by atoms with Crippen LogP contribution in [-0.4, -0.2) is 32.9 Å². The van der Waals surface area contributed by atoms with Crippen molar-refractivity contribution in [2.24, 2.45) is 0 Å². The normalized spacial score (nSPS) is 11.6. The van der Waals surface area contributed by atoms with Crippen molar-refractivity contribution in [3.63, 3.8) is 0 Å². The molecule has 0 aliphatic rings. The monoisotopic (exact) mass is 464 g/mol. The van der Waals surface area contributed by atoms with Gasteiger partial charge in [-0.25, -0.2) is 4.79 Å².